The van der Waals surface area contributed by atoms with Crippen LogP contribution < -0.4 is 4.74 Å². The zero-order valence-corrected chi connectivity index (χ0v) is 29.5. The summed E-state index contributed by atoms with van der Waals surface area (Å²) in [5.41, 5.74) is 0.986. The van der Waals surface area contributed by atoms with Crippen molar-refractivity contribution in [3.8, 4) is 5.75 Å². The Bertz CT molecular complexity index is 1600. The van der Waals surface area contributed by atoms with Crippen LogP contribution in [0.4, 0.5) is 4.79 Å². The summed E-state index contributed by atoms with van der Waals surface area (Å²) in [4.78, 5) is 31.1. The van der Waals surface area contributed by atoms with Gasteiger partial charge in [-0.05, 0) is 56.2 Å². The van der Waals surface area contributed by atoms with Crippen molar-refractivity contribution in [2.24, 2.45) is 4.99 Å². The van der Waals surface area contributed by atoms with Gasteiger partial charge in [-0.25, -0.2) is 4.79 Å². The van der Waals surface area contributed by atoms with Gasteiger partial charge < -0.3 is 19.8 Å². The summed E-state index contributed by atoms with van der Waals surface area (Å²) in [6.45, 7) is 14.8. The second-order valence-corrected chi connectivity index (χ2v) is 14.5. The molecule has 1 aromatic heterocycles. The number of β-amino-alcohol motifs (C(OH)–C–C–N with tert-alkyl or cyclic N) is 1. The van der Waals surface area contributed by atoms with Crippen molar-refractivity contribution in [1.82, 2.24) is 19.7 Å². The maximum atomic E-state index is 15.0. The molecular formula is C36H45Cl2N5O4. The maximum absolute atomic E-state index is 15.0. The molecule has 47 heavy (non-hydrogen) atoms. The first kappa shape index (κ1) is 35.1. The van der Waals surface area contributed by atoms with Crippen LogP contribution >= 0.6 is 23.2 Å². The molecule has 3 aromatic rings. The summed E-state index contributed by atoms with van der Waals surface area (Å²) < 4.78 is 6.24. The molecule has 0 spiro atoms. The molecule has 0 saturated carbocycles. The van der Waals surface area contributed by atoms with E-state index in [9.17, 15) is 10.2 Å². The minimum atomic E-state index is -1.03. The fourth-order valence-electron chi connectivity index (χ4n) is 6.48. The van der Waals surface area contributed by atoms with E-state index in [1.165, 1.54) is 0 Å². The van der Waals surface area contributed by atoms with Gasteiger partial charge in [-0.3, -0.25) is 19.8 Å². The molecule has 2 N–H and O–H groups in total. The van der Waals surface area contributed by atoms with Crippen LogP contribution in [-0.2, 0) is 16.5 Å². The van der Waals surface area contributed by atoms with Gasteiger partial charge in [0.1, 0.15) is 22.7 Å². The van der Waals surface area contributed by atoms with Crippen LogP contribution in [0.25, 0.3) is 0 Å². The highest BCUT2D eigenvalue weighted by Gasteiger charge is 2.60. The first-order valence-electron chi connectivity index (χ1n) is 16.1. The fourth-order valence-corrected chi connectivity index (χ4v) is 6.73. The molecule has 2 aliphatic heterocycles. The number of aliphatic hydroxyl groups excluding tert-OH is 2. The van der Waals surface area contributed by atoms with E-state index in [2.05, 4.69) is 25.7 Å². The third-order valence-electron chi connectivity index (χ3n) is 9.44. The Morgan fingerprint density at radius 1 is 0.979 bits per heavy atom. The van der Waals surface area contributed by atoms with Gasteiger partial charge in [-0.1, -0.05) is 68.2 Å². The maximum Gasteiger partial charge on any atom is 0.326 e. The van der Waals surface area contributed by atoms with E-state index in [0.717, 1.165) is 16.8 Å². The van der Waals surface area contributed by atoms with Crippen molar-refractivity contribution in [2.75, 3.05) is 45.9 Å². The summed E-state index contributed by atoms with van der Waals surface area (Å²) in [5, 5.41) is 20.6. The van der Waals surface area contributed by atoms with Crippen LogP contribution in [-0.4, -0.2) is 93.8 Å². The van der Waals surface area contributed by atoms with Crippen molar-refractivity contribution in [3.63, 3.8) is 0 Å². The molecule has 1 fully saturated rings. The van der Waals surface area contributed by atoms with Gasteiger partial charge in [-0.15, -0.1) is 0 Å². The predicted molar refractivity (Wildman–Crippen MR) is 187 cm³/mol. The highest BCUT2D eigenvalue weighted by Crippen LogP contribution is 2.54. The average molecular weight is 683 g/mol. The highest BCUT2D eigenvalue weighted by molar-refractivity contribution is 6.30. The largest absolute Gasteiger partial charge is 0.493 e. The Labute approximate surface area is 287 Å². The number of hydrogen-bond acceptors (Lipinski definition) is 7. The summed E-state index contributed by atoms with van der Waals surface area (Å²) >= 11 is 12.7. The SMILES string of the molecule is CCOc1cc(C(C)(C)C)ncc1C1=N[C@@](C)(c2ccc(Cl)cc2)[C@@](C)(c2ccc(Cl)cc2)N1C(=O)N1CCN(C[C@H](O)CO)CC1. The first-order chi connectivity index (χ1) is 22.2. The lowest BCUT2D eigenvalue weighted by Crippen LogP contribution is -2.61. The highest BCUT2D eigenvalue weighted by atomic mass is 35.5. The number of benzene rings is 2. The number of ether oxygens (including phenoxy) is 1. The first-order valence-corrected chi connectivity index (χ1v) is 16.8. The second-order valence-electron chi connectivity index (χ2n) is 13.6. The van der Waals surface area contributed by atoms with Gasteiger partial charge in [0.25, 0.3) is 0 Å². The number of amidine groups is 1. The van der Waals surface area contributed by atoms with Crippen LogP contribution in [0.1, 0.15) is 63.9 Å². The third-order valence-corrected chi connectivity index (χ3v) is 9.94. The number of hydrogen-bond donors (Lipinski definition) is 2. The van der Waals surface area contributed by atoms with Gasteiger partial charge in [0.15, 0.2) is 0 Å². The van der Waals surface area contributed by atoms with Crippen molar-refractivity contribution in [1.29, 1.82) is 0 Å². The number of aromatic nitrogens is 1. The molecular weight excluding hydrogens is 637 g/mol. The molecule has 2 amide bonds. The van der Waals surface area contributed by atoms with E-state index < -0.39 is 17.2 Å². The van der Waals surface area contributed by atoms with E-state index in [4.69, 9.17) is 37.9 Å². The van der Waals surface area contributed by atoms with Gasteiger partial charge in [0, 0.05) is 66.1 Å². The van der Waals surface area contributed by atoms with Crippen LogP contribution in [0.15, 0.2) is 65.8 Å². The van der Waals surface area contributed by atoms with Crippen LogP contribution in [0.5, 0.6) is 5.75 Å². The standard InChI is InChI=1S/C36H45Cl2N5O4/c1-7-47-30-20-31(34(2,3)4)39-21-29(30)32-40-35(5,24-8-12-26(37)13-9-24)36(6,25-10-14-27(38)15-11-25)43(32)33(46)42-18-16-41(17-19-42)22-28(45)23-44/h8-15,20-21,28,44-45H,7,16-19,22-23H2,1-6H3/t28-,35-,36+/m0/s1. The number of aliphatic hydroxyl groups is 2. The number of urea groups is 1. The fraction of sp³-hybridized carbons (Fsp3) is 0.472. The quantitative estimate of drug-likeness (QED) is 0.299. The van der Waals surface area contributed by atoms with Crippen LogP contribution in [0, 0.1) is 0 Å². The topological polar surface area (TPSA) is 102 Å². The summed E-state index contributed by atoms with van der Waals surface area (Å²) in [5.74, 6) is 1.06. The lowest BCUT2D eigenvalue weighted by Gasteiger charge is -2.47. The van der Waals surface area contributed by atoms with Gasteiger partial charge in [0.2, 0.25) is 0 Å². The number of amides is 2. The lowest BCUT2D eigenvalue weighted by atomic mass is 9.71. The van der Waals surface area contributed by atoms with Crippen molar-refractivity contribution >= 4 is 35.1 Å². The molecule has 11 heteroatoms. The Balaban J connectivity index is 1.71. The van der Waals surface area contributed by atoms with Crippen molar-refractivity contribution in [3.05, 3.63) is 93.2 Å². The van der Waals surface area contributed by atoms with Gasteiger partial charge in [-0.2, -0.15) is 0 Å². The molecule has 0 unspecified atom stereocenters. The Morgan fingerprint density at radius 2 is 1.55 bits per heavy atom. The predicted octanol–water partition coefficient (Wildman–Crippen LogP) is 6.07. The number of piperazine rings is 1. The summed E-state index contributed by atoms with van der Waals surface area (Å²) in [6.07, 6.45) is 0.942. The Morgan fingerprint density at radius 3 is 2.09 bits per heavy atom. The van der Waals surface area contributed by atoms with E-state index >= 15 is 4.79 Å². The number of carbonyl (C=O) groups excluding carboxylic acids is 1. The normalized spacial score (nSPS) is 22.7. The van der Waals surface area contributed by atoms with E-state index in [0.29, 0.717) is 66.5 Å². The number of aliphatic imine (C=N–C) groups is 1. The molecule has 5 rings (SSSR count). The Kier molecular flexibility index (Phi) is 10.3. The number of carbonyl (C=O) groups is 1. The molecule has 2 aliphatic rings. The van der Waals surface area contributed by atoms with E-state index in [1.54, 1.807) is 11.1 Å². The van der Waals surface area contributed by atoms with Crippen LogP contribution in [0.2, 0.25) is 10.0 Å². The average Bonchev–Trinajstić information content (AvgIpc) is 3.29. The minimum Gasteiger partial charge on any atom is -0.493 e. The monoisotopic (exact) mass is 681 g/mol. The van der Waals surface area contributed by atoms with E-state index in [1.807, 2.05) is 80.3 Å². The summed E-state index contributed by atoms with van der Waals surface area (Å²) in [6, 6.07) is 16.9. The lowest BCUT2D eigenvalue weighted by molar-refractivity contribution is 0.0390. The third kappa shape index (κ3) is 6.74. The minimum absolute atomic E-state index is 0.205. The molecule has 0 bridgehead atoms. The smallest absolute Gasteiger partial charge is 0.326 e. The van der Waals surface area contributed by atoms with Crippen molar-refractivity contribution < 1.29 is 19.7 Å². The number of halogens is 2. The number of nitrogens with zero attached hydrogens (tertiary/aromatic N) is 5. The second kappa shape index (κ2) is 13.7. The Hall–Kier alpha value is -3.21. The number of rotatable bonds is 8. The number of pyridine rings is 1. The van der Waals surface area contributed by atoms with Gasteiger partial charge in [0.05, 0.1) is 24.9 Å². The molecule has 3 atom stereocenters. The summed E-state index contributed by atoms with van der Waals surface area (Å²) in [7, 11) is 0. The van der Waals surface area contributed by atoms with Gasteiger partial charge >= 0.3 is 6.03 Å². The van der Waals surface area contributed by atoms with Crippen LogP contribution in [0.3, 0.4) is 0 Å². The van der Waals surface area contributed by atoms with Crippen molar-refractivity contribution in [2.45, 2.75) is 64.1 Å². The molecule has 9 nitrogen and oxygen atoms in total. The molecule has 0 aliphatic carbocycles. The molecule has 3 heterocycles. The zero-order chi connectivity index (χ0) is 34.1. The molecule has 0 radical (unpaired) electrons. The van der Waals surface area contributed by atoms with E-state index in [-0.39, 0.29) is 18.1 Å². The zero-order valence-electron chi connectivity index (χ0n) is 28.0. The molecule has 252 valence electrons. The molecule has 1 saturated heterocycles. The molecule has 2 aromatic carbocycles.